The van der Waals surface area contributed by atoms with Crippen LogP contribution in [0.5, 0.6) is 5.75 Å². The molecule has 2 amide bonds. The van der Waals surface area contributed by atoms with Gasteiger partial charge in [0.05, 0.1) is 24.4 Å². The fraction of sp³-hybridized carbons (Fsp3) is 0.391. The first kappa shape index (κ1) is 19.5. The number of rotatable bonds is 3. The Labute approximate surface area is 171 Å². The molecule has 152 valence electrons. The highest BCUT2D eigenvalue weighted by molar-refractivity contribution is 5.98. The Hall–Kier alpha value is -2.86. The van der Waals surface area contributed by atoms with E-state index >= 15 is 0 Å². The van der Waals surface area contributed by atoms with Gasteiger partial charge < -0.3 is 19.3 Å². The predicted octanol–water partition coefficient (Wildman–Crippen LogP) is 3.17. The zero-order valence-corrected chi connectivity index (χ0v) is 17.1. The van der Waals surface area contributed by atoms with Gasteiger partial charge in [-0.1, -0.05) is 18.2 Å². The molecule has 0 radical (unpaired) electrons. The van der Waals surface area contributed by atoms with Crippen molar-refractivity contribution in [2.24, 2.45) is 0 Å². The third-order valence-corrected chi connectivity index (χ3v) is 5.28. The van der Waals surface area contributed by atoms with E-state index in [1.54, 1.807) is 4.90 Å². The molecular weight excluding hydrogens is 368 g/mol. The van der Waals surface area contributed by atoms with E-state index in [4.69, 9.17) is 9.47 Å². The van der Waals surface area contributed by atoms with Gasteiger partial charge in [-0.3, -0.25) is 9.59 Å². The first-order valence-corrected chi connectivity index (χ1v) is 9.98. The van der Waals surface area contributed by atoms with Crippen LogP contribution < -0.4 is 9.64 Å². The number of anilines is 1. The van der Waals surface area contributed by atoms with Gasteiger partial charge in [-0.25, -0.2) is 0 Å². The molecule has 0 saturated carbocycles. The lowest BCUT2D eigenvalue weighted by Gasteiger charge is -2.35. The van der Waals surface area contributed by atoms with Crippen LogP contribution in [0.1, 0.15) is 35.3 Å². The van der Waals surface area contributed by atoms with E-state index in [2.05, 4.69) is 0 Å². The number of amides is 2. The van der Waals surface area contributed by atoms with E-state index in [9.17, 15) is 9.59 Å². The molecule has 2 heterocycles. The van der Waals surface area contributed by atoms with Crippen LogP contribution in [-0.2, 0) is 16.1 Å². The molecule has 1 saturated heterocycles. The summed E-state index contributed by atoms with van der Waals surface area (Å²) in [6.45, 7) is 7.55. The molecule has 2 aliphatic heterocycles. The first-order chi connectivity index (χ1) is 13.9. The van der Waals surface area contributed by atoms with Crippen LogP contribution in [0.3, 0.4) is 0 Å². The molecule has 2 aliphatic rings. The topological polar surface area (TPSA) is 59.1 Å². The van der Waals surface area contributed by atoms with Gasteiger partial charge in [0.1, 0.15) is 5.75 Å². The third-order valence-electron chi connectivity index (χ3n) is 5.28. The highest BCUT2D eigenvalue weighted by Gasteiger charge is 2.28. The minimum atomic E-state index is -0.0874. The van der Waals surface area contributed by atoms with Crippen LogP contribution in [0.4, 0.5) is 5.69 Å². The van der Waals surface area contributed by atoms with Gasteiger partial charge >= 0.3 is 0 Å². The maximum atomic E-state index is 13.0. The van der Waals surface area contributed by atoms with Crippen molar-refractivity contribution in [3.05, 3.63) is 59.2 Å². The SMILES string of the molecule is Cc1ccc2c(c1)N(Cc1cccc(C(=O)N3C[C@@H](C)O[C@@H](C)C3)c1)C(=O)CO2. The van der Waals surface area contributed by atoms with E-state index in [-0.39, 0.29) is 30.6 Å². The molecule has 0 spiro atoms. The molecule has 29 heavy (non-hydrogen) atoms. The molecule has 6 heteroatoms. The number of morpholine rings is 1. The molecule has 4 rings (SSSR count). The van der Waals surface area contributed by atoms with Gasteiger partial charge in [0, 0.05) is 18.7 Å². The van der Waals surface area contributed by atoms with Crippen molar-refractivity contribution in [3.63, 3.8) is 0 Å². The summed E-state index contributed by atoms with van der Waals surface area (Å²) >= 11 is 0. The van der Waals surface area contributed by atoms with Crippen LogP contribution >= 0.6 is 0 Å². The Kier molecular flexibility index (Phi) is 5.28. The van der Waals surface area contributed by atoms with Gasteiger partial charge in [0.15, 0.2) is 6.61 Å². The number of hydrogen-bond acceptors (Lipinski definition) is 4. The fourth-order valence-electron chi connectivity index (χ4n) is 4.00. The van der Waals surface area contributed by atoms with Gasteiger partial charge in [0.25, 0.3) is 11.8 Å². The second-order valence-corrected chi connectivity index (χ2v) is 7.91. The minimum absolute atomic E-state index is 0.00148. The Morgan fingerprint density at radius 2 is 1.86 bits per heavy atom. The predicted molar refractivity (Wildman–Crippen MR) is 110 cm³/mol. The van der Waals surface area contributed by atoms with Crippen molar-refractivity contribution < 1.29 is 19.1 Å². The summed E-state index contributed by atoms with van der Waals surface area (Å²) < 4.78 is 11.3. The average molecular weight is 394 g/mol. The van der Waals surface area contributed by atoms with Crippen LogP contribution in [0, 0.1) is 6.92 Å². The standard InChI is InChI=1S/C23H26N2O4/c1-15-7-8-21-20(9-15)25(22(26)14-28-21)13-18-5-4-6-19(10-18)23(27)24-11-16(2)29-17(3)12-24/h4-10,16-17H,11-14H2,1-3H3/t16-,17+. The summed E-state index contributed by atoms with van der Waals surface area (Å²) in [4.78, 5) is 29.1. The lowest BCUT2D eigenvalue weighted by Crippen LogP contribution is -2.48. The summed E-state index contributed by atoms with van der Waals surface area (Å²) in [5, 5.41) is 0. The highest BCUT2D eigenvalue weighted by Crippen LogP contribution is 2.34. The summed E-state index contributed by atoms with van der Waals surface area (Å²) in [7, 11) is 0. The van der Waals surface area contributed by atoms with Gasteiger partial charge in [-0.05, 0) is 56.2 Å². The minimum Gasteiger partial charge on any atom is -0.482 e. The molecule has 6 nitrogen and oxygen atoms in total. The monoisotopic (exact) mass is 394 g/mol. The van der Waals surface area contributed by atoms with Crippen molar-refractivity contribution in [2.45, 2.75) is 39.5 Å². The van der Waals surface area contributed by atoms with Crippen molar-refractivity contribution >= 4 is 17.5 Å². The van der Waals surface area contributed by atoms with Gasteiger partial charge in [0.2, 0.25) is 0 Å². The highest BCUT2D eigenvalue weighted by atomic mass is 16.5. The van der Waals surface area contributed by atoms with Crippen molar-refractivity contribution in [1.29, 1.82) is 0 Å². The lowest BCUT2D eigenvalue weighted by molar-refractivity contribution is -0.121. The van der Waals surface area contributed by atoms with E-state index in [0.717, 1.165) is 16.8 Å². The molecular formula is C23H26N2O4. The second kappa shape index (κ2) is 7.87. The van der Waals surface area contributed by atoms with Crippen LogP contribution in [0.15, 0.2) is 42.5 Å². The Morgan fingerprint density at radius 3 is 2.62 bits per heavy atom. The number of aryl methyl sites for hydroxylation is 1. The summed E-state index contributed by atoms with van der Waals surface area (Å²) in [6, 6.07) is 13.3. The van der Waals surface area contributed by atoms with Crippen molar-refractivity contribution in [3.8, 4) is 5.75 Å². The number of ether oxygens (including phenoxy) is 2. The Bertz CT molecular complexity index is 932. The maximum absolute atomic E-state index is 13.0. The van der Waals surface area contributed by atoms with Crippen LogP contribution in [0.2, 0.25) is 0 Å². The summed E-state index contributed by atoms with van der Waals surface area (Å²) in [6.07, 6.45) is 0.0493. The first-order valence-electron chi connectivity index (χ1n) is 9.98. The molecule has 0 bridgehead atoms. The molecule has 0 aromatic heterocycles. The van der Waals surface area contributed by atoms with Crippen molar-refractivity contribution in [1.82, 2.24) is 4.90 Å². The lowest BCUT2D eigenvalue weighted by atomic mass is 10.1. The quantitative estimate of drug-likeness (QED) is 0.802. The largest absolute Gasteiger partial charge is 0.482 e. The zero-order valence-electron chi connectivity index (χ0n) is 17.1. The number of benzene rings is 2. The van der Waals surface area contributed by atoms with E-state index in [1.165, 1.54) is 0 Å². The fourth-order valence-corrected chi connectivity index (χ4v) is 4.00. The number of carbonyl (C=O) groups is 2. The Morgan fingerprint density at radius 1 is 1.10 bits per heavy atom. The number of hydrogen-bond donors (Lipinski definition) is 0. The molecule has 2 atom stereocenters. The van der Waals surface area contributed by atoms with Crippen molar-refractivity contribution in [2.75, 3.05) is 24.6 Å². The smallest absolute Gasteiger partial charge is 0.265 e. The van der Waals surface area contributed by atoms with Crippen LogP contribution in [-0.4, -0.2) is 48.6 Å². The zero-order chi connectivity index (χ0) is 20.5. The molecule has 0 aliphatic carbocycles. The van der Waals surface area contributed by atoms with Gasteiger partial charge in [-0.2, -0.15) is 0 Å². The molecule has 0 unspecified atom stereocenters. The normalized spacial score (nSPS) is 21.6. The van der Waals surface area contributed by atoms with E-state index < -0.39 is 0 Å². The Balaban J connectivity index is 1.56. The molecule has 0 N–H and O–H groups in total. The molecule has 1 fully saturated rings. The number of fused-ring (bicyclic) bond motifs is 1. The van der Waals surface area contributed by atoms with E-state index in [1.807, 2.05) is 68.1 Å². The number of nitrogens with zero attached hydrogens (tertiary/aromatic N) is 2. The van der Waals surface area contributed by atoms with Gasteiger partial charge in [-0.15, -0.1) is 0 Å². The summed E-state index contributed by atoms with van der Waals surface area (Å²) in [5.74, 6) is 0.618. The number of carbonyl (C=O) groups excluding carboxylic acids is 2. The van der Waals surface area contributed by atoms with E-state index in [0.29, 0.717) is 30.9 Å². The third kappa shape index (κ3) is 4.12. The summed E-state index contributed by atoms with van der Waals surface area (Å²) in [5.41, 5.74) is 3.38. The maximum Gasteiger partial charge on any atom is 0.265 e. The second-order valence-electron chi connectivity index (χ2n) is 7.91. The average Bonchev–Trinajstić information content (AvgIpc) is 2.69. The molecule has 2 aromatic rings. The molecule has 2 aromatic carbocycles. The van der Waals surface area contributed by atoms with Crippen LogP contribution in [0.25, 0.3) is 0 Å².